The first-order valence-electron chi connectivity index (χ1n) is 9.58. The van der Waals surface area contributed by atoms with Gasteiger partial charge in [-0.05, 0) is 45.4 Å². The van der Waals surface area contributed by atoms with Crippen molar-refractivity contribution in [1.82, 2.24) is 5.32 Å². The normalized spacial score (nSPS) is 17.8. The van der Waals surface area contributed by atoms with Crippen LogP contribution in [0.5, 0.6) is 5.75 Å². The van der Waals surface area contributed by atoms with Gasteiger partial charge in [0.15, 0.2) is 0 Å². The second-order valence-corrected chi connectivity index (χ2v) is 10.2. The highest BCUT2D eigenvalue weighted by Crippen LogP contribution is 2.39. The van der Waals surface area contributed by atoms with E-state index in [4.69, 9.17) is 4.74 Å². The maximum absolute atomic E-state index is 12.9. The quantitative estimate of drug-likeness (QED) is 0.810. The van der Waals surface area contributed by atoms with Crippen molar-refractivity contribution < 1.29 is 17.9 Å². The van der Waals surface area contributed by atoms with Crippen molar-refractivity contribution in [3.05, 3.63) is 59.2 Å². The molecule has 0 aliphatic carbocycles. The smallest absolute Gasteiger partial charge is 0.241 e. The SMILES string of the molecule is Cc1ccc(N(CC(=O)NC2CC(C)(C)Oc3ccccc32)S(C)(=O)=O)c(C)c1. The first kappa shape index (κ1) is 21.2. The van der Waals surface area contributed by atoms with Gasteiger partial charge < -0.3 is 10.1 Å². The number of amides is 1. The van der Waals surface area contributed by atoms with Gasteiger partial charge in [0.2, 0.25) is 15.9 Å². The molecule has 1 aliphatic heterocycles. The molecule has 0 radical (unpaired) electrons. The number of para-hydroxylation sites is 1. The van der Waals surface area contributed by atoms with E-state index in [0.717, 1.165) is 33.0 Å². The number of aryl methyl sites for hydroxylation is 2. The molecule has 29 heavy (non-hydrogen) atoms. The third-order valence-electron chi connectivity index (χ3n) is 5.02. The largest absolute Gasteiger partial charge is 0.487 e. The van der Waals surface area contributed by atoms with E-state index in [0.29, 0.717) is 12.1 Å². The zero-order chi connectivity index (χ0) is 21.4. The highest BCUT2D eigenvalue weighted by Gasteiger charge is 2.35. The van der Waals surface area contributed by atoms with Crippen molar-refractivity contribution in [1.29, 1.82) is 0 Å². The minimum Gasteiger partial charge on any atom is -0.487 e. The van der Waals surface area contributed by atoms with E-state index in [1.165, 1.54) is 0 Å². The monoisotopic (exact) mass is 416 g/mol. The number of carbonyl (C=O) groups is 1. The average Bonchev–Trinajstić information content (AvgIpc) is 2.58. The number of fused-ring (bicyclic) bond motifs is 1. The molecule has 3 rings (SSSR count). The van der Waals surface area contributed by atoms with Gasteiger partial charge in [0.25, 0.3) is 0 Å². The van der Waals surface area contributed by atoms with Crippen LogP contribution in [0.1, 0.15) is 43.0 Å². The van der Waals surface area contributed by atoms with E-state index in [9.17, 15) is 13.2 Å². The van der Waals surface area contributed by atoms with E-state index >= 15 is 0 Å². The zero-order valence-corrected chi connectivity index (χ0v) is 18.3. The molecule has 156 valence electrons. The Balaban J connectivity index is 1.84. The van der Waals surface area contributed by atoms with Crippen LogP contribution in [0.25, 0.3) is 0 Å². The van der Waals surface area contributed by atoms with Gasteiger partial charge in [0.05, 0.1) is 18.0 Å². The summed E-state index contributed by atoms with van der Waals surface area (Å²) in [5, 5.41) is 3.01. The molecule has 7 heteroatoms. The van der Waals surface area contributed by atoms with Crippen molar-refractivity contribution >= 4 is 21.6 Å². The number of anilines is 1. The second kappa shape index (κ2) is 7.71. The number of rotatable bonds is 5. The van der Waals surface area contributed by atoms with Gasteiger partial charge in [-0.15, -0.1) is 0 Å². The highest BCUT2D eigenvalue weighted by molar-refractivity contribution is 7.92. The van der Waals surface area contributed by atoms with Crippen LogP contribution in [0.3, 0.4) is 0 Å². The molecule has 0 fully saturated rings. The molecule has 1 heterocycles. The van der Waals surface area contributed by atoms with Gasteiger partial charge in [0, 0.05) is 12.0 Å². The lowest BCUT2D eigenvalue weighted by Gasteiger charge is -2.38. The number of hydrogen-bond donors (Lipinski definition) is 1. The van der Waals surface area contributed by atoms with Crippen LogP contribution in [0.4, 0.5) is 5.69 Å². The molecular formula is C22H28N2O4S. The molecule has 2 aromatic carbocycles. The van der Waals surface area contributed by atoms with E-state index < -0.39 is 15.6 Å². The van der Waals surface area contributed by atoms with Crippen molar-refractivity contribution in [2.75, 3.05) is 17.1 Å². The van der Waals surface area contributed by atoms with Crippen LogP contribution < -0.4 is 14.4 Å². The van der Waals surface area contributed by atoms with Crippen molar-refractivity contribution in [3.8, 4) is 5.75 Å². The zero-order valence-electron chi connectivity index (χ0n) is 17.5. The molecule has 1 atom stereocenters. The van der Waals surface area contributed by atoms with Crippen molar-refractivity contribution in [2.24, 2.45) is 0 Å². The number of benzene rings is 2. The number of nitrogens with zero attached hydrogens (tertiary/aromatic N) is 1. The summed E-state index contributed by atoms with van der Waals surface area (Å²) in [6.45, 7) is 7.46. The first-order chi connectivity index (χ1) is 13.5. The van der Waals surface area contributed by atoms with Crippen LogP contribution in [-0.2, 0) is 14.8 Å². The Kier molecular flexibility index (Phi) is 5.63. The molecule has 0 saturated carbocycles. The van der Waals surface area contributed by atoms with Gasteiger partial charge in [-0.3, -0.25) is 9.10 Å². The van der Waals surface area contributed by atoms with Crippen LogP contribution in [0.2, 0.25) is 0 Å². The van der Waals surface area contributed by atoms with E-state index in [-0.39, 0.29) is 18.5 Å². The molecule has 1 amide bonds. The van der Waals surface area contributed by atoms with Crippen molar-refractivity contribution in [2.45, 2.75) is 45.8 Å². The third-order valence-corrected chi connectivity index (χ3v) is 6.15. The standard InChI is InChI=1S/C22H28N2O4S/c1-15-10-11-19(16(2)12-15)24(29(5,26)27)14-21(25)23-18-13-22(3,4)28-20-9-7-6-8-17(18)20/h6-12,18H,13-14H2,1-5H3,(H,23,25). The Morgan fingerprint density at radius 1 is 1.21 bits per heavy atom. The summed E-state index contributed by atoms with van der Waals surface area (Å²) in [4.78, 5) is 12.9. The predicted molar refractivity (Wildman–Crippen MR) is 115 cm³/mol. The van der Waals surface area contributed by atoms with E-state index in [1.807, 2.05) is 64.1 Å². The van der Waals surface area contributed by atoms with E-state index in [2.05, 4.69) is 5.32 Å². The first-order valence-corrected chi connectivity index (χ1v) is 11.4. The van der Waals surface area contributed by atoms with Gasteiger partial charge >= 0.3 is 0 Å². The minimum atomic E-state index is -3.62. The predicted octanol–water partition coefficient (Wildman–Crippen LogP) is 3.49. The van der Waals surface area contributed by atoms with Crippen LogP contribution >= 0.6 is 0 Å². The average molecular weight is 417 g/mol. The molecule has 2 aromatic rings. The van der Waals surface area contributed by atoms with Gasteiger partial charge in [-0.25, -0.2) is 8.42 Å². The highest BCUT2D eigenvalue weighted by atomic mass is 32.2. The molecule has 0 spiro atoms. The Bertz CT molecular complexity index is 1030. The van der Waals surface area contributed by atoms with Crippen LogP contribution in [0.15, 0.2) is 42.5 Å². The topological polar surface area (TPSA) is 75.7 Å². The fourth-order valence-electron chi connectivity index (χ4n) is 3.77. The maximum atomic E-state index is 12.9. The summed E-state index contributed by atoms with van der Waals surface area (Å²) in [5.74, 6) is 0.385. The molecular weight excluding hydrogens is 388 g/mol. The summed E-state index contributed by atoms with van der Waals surface area (Å²) in [5.41, 5.74) is 2.82. The van der Waals surface area contributed by atoms with Gasteiger partial charge in [-0.2, -0.15) is 0 Å². The molecule has 1 unspecified atom stereocenters. The summed E-state index contributed by atoms with van der Waals surface area (Å²) in [6.07, 6.45) is 1.71. The molecule has 1 aliphatic rings. The summed E-state index contributed by atoms with van der Waals surface area (Å²) >= 11 is 0. The van der Waals surface area contributed by atoms with Crippen molar-refractivity contribution in [3.63, 3.8) is 0 Å². The van der Waals surface area contributed by atoms with Gasteiger partial charge in [-0.1, -0.05) is 35.9 Å². The third kappa shape index (κ3) is 4.90. The molecule has 1 N–H and O–H groups in total. The molecule has 6 nitrogen and oxygen atoms in total. The van der Waals surface area contributed by atoms with Crippen LogP contribution in [-0.4, -0.2) is 32.7 Å². The lowest BCUT2D eigenvalue weighted by Crippen LogP contribution is -2.45. The number of hydrogen-bond acceptors (Lipinski definition) is 4. The summed E-state index contributed by atoms with van der Waals surface area (Å²) in [7, 11) is -3.62. The minimum absolute atomic E-state index is 0.247. The molecule has 0 aromatic heterocycles. The fraction of sp³-hybridized carbons (Fsp3) is 0.409. The van der Waals surface area contributed by atoms with Crippen LogP contribution in [0, 0.1) is 13.8 Å². The number of sulfonamides is 1. The fourth-order valence-corrected chi connectivity index (χ4v) is 4.68. The Morgan fingerprint density at radius 2 is 1.90 bits per heavy atom. The Labute approximate surface area is 172 Å². The second-order valence-electron chi connectivity index (χ2n) is 8.28. The number of ether oxygens (including phenoxy) is 1. The molecule has 0 saturated heterocycles. The van der Waals surface area contributed by atoms with E-state index in [1.54, 1.807) is 6.07 Å². The maximum Gasteiger partial charge on any atom is 0.241 e. The number of carbonyl (C=O) groups excluding carboxylic acids is 1. The Hall–Kier alpha value is -2.54. The molecule has 0 bridgehead atoms. The lowest BCUT2D eigenvalue weighted by atomic mass is 9.89. The van der Waals surface area contributed by atoms with Gasteiger partial charge in [0.1, 0.15) is 17.9 Å². The summed E-state index contributed by atoms with van der Waals surface area (Å²) < 4.78 is 32.0. The summed E-state index contributed by atoms with van der Waals surface area (Å²) in [6, 6.07) is 12.8. The Morgan fingerprint density at radius 3 is 2.55 bits per heavy atom. The lowest BCUT2D eigenvalue weighted by molar-refractivity contribution is -0.120. The number of nitrogens with one attached hydrogen (secondary N) is 1.